The third-order valence-corrected chi connectivity index (χ3v) is 6.47. The Morgan fingerprint density at radius 2 is 1.77 bits per heavy atom. The lowest BCUT2D eigenvalue weighted by molar-refractivity contribution is -0.126. The summed E-state index contributed by atoms with van der Waals surface area (Å²) in [4.78, 5) is 27.9. The summed E-state index contributed by atoms with van der Waals surface area (Å²) >= 11 is 1.27. The summed E-state index contributed by atoms with van der Waals surface area (Å²) in [7, 11) is 0. The summed E-state index contributed by atoms with van der Waals surface area (Å²) in [5, 5.41) is 15.0. The largest absolute Gasteiger partial charge is 0.322 e. The van der Waals surface area contributed by atoms with E-state index >= 15 is 0 Å². The fourth-order valence-electron chi connectivity index (χ4n) is 3.77. The number of tetrazole rings is 1. The molecule has 31 heavy (non-hydrogen) atoms. The minimum Gasteiger partial charge on any atom is -0.322 e. The number of hydrogen-bond acceptors (Lipinski definition) is 6. The molecule has 1 N–H and O–H groups in total. The van der Waals surface area contributed by atoms with Crippen molar-refractivity contribution >= 4 is 35.0 Å². The molecule has 0 radical (unpaired) electrons. The Bertz CT molecular complexity index is 1150. The number of benzene rings is 2. The van der Waals surface area contributed by atoms with E-state index in [1.807, 2.05) is 57.2 Å². The van der Waals surface area contributed by atoms with Crippen molar-refractivity contribution in [2.24, 2.45) is 0 Å². The SMILES string of the molecule is Cc1cccc(C)c1-n1nnnc1SC(C)C(=O)N1c2ccccc2NC(=O)C1(C)C. The van der Waals surface area contributed by atoms with E-state index in [9.17, 15) is 9.59 Å². The van der Waals surface area contributed by atoms with Crippen molar-refractivity contribution in [2.75, 3.05) is 10.2 Å². The van der Waals surface area contributed by atoms with Gasteiger partial charge in [0.15, 0.2) is 0 Å². The summed E-state index contributed by atoms with van der Waals surface area (Å²) in [6, 6.07) is 13.3. The number of anilines is 2. The predicted molar refractivity (Wildman–Crippen MR) is 121 cm³/mol. The first kappa shape index (κ1) is 21.0. The second-order valence-electron chi connectivity index (χ2n) is 8.08. The van der Waals surface area contributed by atoms with Crippen LogP contribution >= 0.6 is 11.8 Å². The Morgan fingerprint density at radius 3 is 2.48 bits per heavy atom. The molecular formula is C22H24N6O2S. The first-order chi connectivity index (χ1) is 14.7. The van der Waals surface area contributed by atoms with E-state index in [2.05, 4.69) is 20.8 Å². The molecular weight excluding hydrogens is 412 g/mol. The van der Waals surface area contributed by atoms with Gasteiger partial charge in [0.25, 0.3) is 0 Å². The van der Waals surface area contributed by atoms with Gasteiger partial charge in [-0.25, -0.2) is 0 Å². The molecule has 0 aliphatic carbocycles. The number of thioether (sulfide) groups is 1. The van der Waals surface area contributed by atoms with Gasteiger partial charge >= 0.3 is 0 Å². The smallest absolute Gasteiger partial charge is 0.250 e. The molecule has 1 unspecified atom stereocenters. The fourth-order valence-corrected chi connectivity index (χ4v) is 4.60. The molecule has 2 amide bonds. The lowest BCUT2D eigenvalue weighted by atomic mass is 9.96. The van der Waals surface area contributed by atoms with Gasteiger partial charge in [-0.3, -0.25) is 14.5 Å². The quantitative estimate of drug-likeness (QED) is 0.629. The summed E-state index contributed by atoms with van der Waals surface area (Å²) < 4.78 is 1.67. The van der Waals surface area contributed by atoms with Crippen LogP contribution < -0.4 is 10.2 Å². The van der Waals surface area contributed by atoms with Crippen LogP contribution in [0.1, 0.15) is 31.9 Å². The fraction of sp³-hybridized carbons (Fsp3) is 0.318. The highest BCUT2D eigenvalue weighted by Gasteiger charge is 2.45. The number of hydrogen-bond donors (Lipinski definition) is 1. The normalized spacial score (nSPS) is 15.9. The van der Waals surface area contributed by atoms with Gasteiger partial charge in [0.05, 0.1) is 22.3 Å². The van der Waals surface area contributed by atoms with E-state index in [1.165, 1.54) is 11.8 Å². The minimum absolute atomic E-state index is 0.187. The molecule has 2 heterocycles. The molecule has 1 aliphatic heterocycles. The number of amides is 2. The Balaban J connectivity index is 1.67. The molecule has 3 aromatic rings. The van der Waals surface area contributed by atoms with Crippen LogP contribution in [0, 0.1) is 13.8 Å². The lowest BCUT2D eigenvalue weighted by Gasteiger charge is -2.43. The number of fused-ring (bicyclic) bond motifs is 1. The summed E-state index contributed by atoms with van der Waals surface area (Å²) in [6.45, 7) is 9.29. The van der Waals surface area contributed by atoms with Crippen LogP contribution in [0.5, 0.6) is 0 Å². The van der Waals surface area contributed by atoms with E-state index in [4.69, 9.17) is 0 Å². The van der Waals surface area contributed by atoms with Gasteiger partial charge < -0.3 is 5.32 Å². The standard InChI is InChI=1S/C22H24N6O2S/c1-13-9-8-10-14(2)18(13)28-21(24-25-26-28)31-15(3)19(29)27-17-12-7-6-11-16(17)23-20(30)22(27,4)5/h6-12,15H,1-5H3,(H,23,30). The number of carbonyl (C=O) groups is 2. The number of aryl methyl sites for hydroxylation is 2. The molecule has 1 aliphatic rings. The van der Waals surface area contributed by atoms with Crippen LogP contribution in [-0.2, 0) is 9.59 Å². The number of rotatable bonds is 4. The van der Waals surface area contributed by atoms with Crippen molar-refractivity contribution in [3.63, 3.8) is 0 Å². The molecule has 0 bridgehead atoms. The van der Waals surface area contributed by atoms with Crippen molar-refractivity contribution in [1.82, 2.24) is 20.2 Å². The molecule has 0 spiro atoms. The highest BCUT2D eigenvalue weighted by Crippen LogP contribution is 2.38. The second kappa shape index (κ2) is 7.81. The Hall–Kier alpha value is -3.20. The zero-order valence-corrected chi connectivity index (χ0v) is 18.9. The van der Waals surface area contributed by atoms with Gasteiger partial charge in [-0.05, 0) is 68.3 Å². The monoisotopic (exact) mass is 436 g/mol. The van der Waals surface area contributed by atoms with Gasteiger partial charge in [0.1, 0.15) is 5.54 Å². The van der Waals surface area contributed by atoms with Gasteiger partial charge in [0, 0.05) is 0 Å². The first-order valence-electron chi connectivity index (χ1n) is 9.98. The van der Waals surface area contributed by atoms with Crippen LogP contribution in [-0.4, -0.2) is 42.8 Å². The highest BCUT2D eigenvalue weighted by atomic mass is 32.2. The number of aromatic nitrogens is 4. The molecule has 0 fully saturated rings. The number of carbonyl (C=O) groups excluding carboxylic acids is 2. The summed E-state index contributed by atoms with van der Waals surface area (Å²) in [6.07, 6.45) is 0. The summed E-state index contributed by atoms with van der Waals surface area (Å²) in [5.41, 5.74) is 3.25. The van der Waals surface area contributed by atoms with Crippen molar-refractivity contribution in [1.29, 1.82) is 0 Å². The van der Waals surface area contributed by atoms with Crippen LogP contribution in [0.3, 0.4) is 0 Å². The van der Waals surface area contributed by atoms with E-state index in [-0.39, 0.29) is 11.8 Å². The van der Waals surface area contributed by atoms with Gasteiger partial charge in [0.2, 0.25) is 17.0 Å². The van der Waals surface area contributed by atoms with Gasteiger partial charge in [-0.2, -0.15) is 4.68 Å². The van der Waals surface area contributed by atoms with Crippen molar-refractivity contribution < 1.29 is 9.59 Å². The topological polar surface area (TPSA) is 93.0 Å². The molecule has 4 rings (SSSR count). The van der Waals surface area contributed by atoms with E-state index in [0.717, 1.165) is 16.8 Å². The Morgan fingerprint density at radius 1 is 1.10 bits per heavy atom. The molecule has 8 nitrogen and oxygen atoms in total. The number of nitrogens with one attached hydrogen (secondary N) is 1. The predicted octanol–water partition coefficient (Wildman–Crippen LogP) is 3.52. The third kappa shape index (κ3) is 3.59. The average Bonchev–Trinajstić information content (AvgIpc) is 3.16. The zero-order valence-electron chi connectivity index (χ0n) is 18.1. The average molecular weight is 437 g/mol. The van der Waals surface area contributed by atoms with Gasteiger partial charge in [-0.1, -0.05) is 42.1 Å². The first-order valence-corrected chi connectivity index (χ1v) is 10.9. The molecule has 9 heteroatoms. The second-order valence-corrected chi connectivity index (χ2v) is 9.39. The number of para-hydroxylation sites is 3. The van der Waals surface area contributed by atoms with E-state index in [1.54, 1.807) is 29.5 Å². The van der Waals surface area contributed by atoms with Crippen LogP contribution in [0.25, 0.3) is 5.69 Å². The van der Waals surface area contributed by atoms with Crippen molar-refractivity contribution in [3.8, 4) is 5.69 Å². The molecule has 2 aromatic carbocycles. The maximum atomic E-state index is 13.6. The maximum Gasteiger partial charge on any atom is 0.250 e. The lowest BCUT2D eigenvalue weighted by Crippen LogP contribution is -2.60. The molecule has 1 atom stereocenters. The van der Waals surface area contributed by atoms with Crippen LogP contribution in [0.2, 0.25) is 0 Å². The van der Waals surface area contributed by atoms with Crippen LogP contribution in [0.15, 0.2) is 47.6 Å². The molecule has 0 saturated carbocycles. The Kier molecular flexibility index (Phi) is 5.30. The third-order valence-electron chi connectivity index (χ3n) is 5.45. The maximum absolute atomic E-state index is 13.6. The van der Waals surface area contributed by atoms with Crippen LogP contribution in [0.4, 0.5) is 11.4 Å². The van der Waals surface area contributed by atoms with E-state index < -0.39 is 10.8 Å². The van der Waals surface area contributed by atoms with Gasteiger partial charge in [-0.15, -0.1) is 5.10 Å². The molecule has 0 saturated heterocycles. The van der Waals surface area contributed by atoms with Crippen molar-refractivity contribution in [2.45, 2.75) is 50.6 Å². The highest BCUT2D eigenvalue weighted by molar-refractivity contribution is 8.00. The zero-order chi connectivity index (χ0) is 22.3. The molecule has 1 aromatic heterocycles. The number of nitrogens with zero attached hydrogens (tertiary/aromatic N) is 5. The minimum atomic E-state index is -1.03. The molecule has 160 valence electrons. The summed E-state index contributed by atoms with van der Waals surface area (Å²) in [5.74, 6) is -0.412. The van der Waals surface area contributed by atoms with Crippen molar-refractivity contribution in [3.05, 3.63) is 53.6 Å². The van der Waals surface area contributed by atoms with E-state index in [0.29, 0.717) is 16.5 Å². The Labute approximate surface area is 185 Å².